The van der Waals surface area contributed by atoms with Crippen LogP contribution in [0.4, 0.5) is 35.2 Å². The van der Waals surface area contributed by atoms with Gasteiger partial charge in [-0.15, -0.1) is 0 Å². The molecule has 3 aliphatic heterocycles. The number of hydrogen-bond acceptors (Lipinski definition) is 10. The Morgan fingerprint density at radius 3 is 2.38 bits per heavy atom. The van der Waals surface area contributed by atoms with E-state index in [1.807, 2.05) is 17.0 Å². The third-order valence-corrected chi connectivity index (χ3v) is 13.3. The number of nitrogens with two attached hydrogens (primary N) is 1. The number of amides is 5. The van der Waals surface area contributed by atoms with Gasteiger partial charge in [0.15, 0.2) is 0 Å². The first-order chi connectivity index (χ1) is 33.0. The lowest BCUT2D eigenvalue weighted by atomic mass is 9.77. The van der Waals surface area contributed by atoms with Gasteiger partial charge in [-0.2, -0.15) is 13.2 Å². The molecule has 0 bridgehead atoms. The number of halogens is 4. The number of benzene rings is 3. The third-order valence-electron chi connectivity index (χ3n) is 13.0. The van der Waals surface area contributed by atoms with E-state index in [9.17, 15) is 32.3 Å². The predicted octanol–water partition coefficient (Wildman–Crippen LogP) is 8.65. The number of hydrogen-bond donors (Lipinski definition) is 3. The van der Waals surface area contributed by atoms with E-state index in [1.54, 1.807) is 21.0 Å². The number of aromatic nitrogens is 2. The van der Waals surface area contributed by atoms with Crippen LogP contribution in [0, 0.1) is 18.8 Å². The minimum Gasteiger partial charge on any atom is -0.496 e. The first kappa shape index (κ1) is 41.7. The molecule has 1 aliphatic carbocycles. The molecule has 1 atom stereocenters. The second-order valence-electron chi connectivity index (χ2n) is 17.5. The van der Waals surface area contributed by atoms with Gasteiger partial charge in [-0.25, -0.2) is 14.8 Å². The number of carbonyl (C=O) groups is 4. The molecule has 0 unspecified atom stereocenters. The van der Waals surface area contributed by atoms with Gasteiger partial charge in [-0.1, -0.05) is 11.6 Å². The van der Waals surface area contributed by atoms with Gasteiger partial charge in [-0.05, 0) is 131 Å². The first-order valence-corrected chi connectivity index (χ1v) is 22.7. The highest BCUT2D eigenvalue weighted by Gasteiger charge is 2.35. The van der Waals surface area contributed by atoms with Crippen molar-refractivity contribution in [2.45, 2.75) is 95.9 Å². The number of imide groups is 1. The number of urea groups is 1. The second-order valence-corrected chi connectivity index (χ2v) is 17.9. The number of anilines is 3. The van der Waals surface area contributed by atoms with Crippen LogP contribution in [0.5, 0.6) is 5.75 Å². The molecule has 14 nitrogen and oxygen atoms in total. The zero-order valence-corrected chi connectivity index (χ0v) is 37.7. The Morgan fingerprint density at radius 2 is 1.70 bits per heavy atom. The molecule has 4 fully saturated rings. The zero-order valence-electron chi connectivity index (χ0n) is 41.0. The SMILES string of the molecule is [2H]C1([2H])CC(OCC2CCN(C(=O)C3CCC(c4cc5c(N[C@H](C)c6cc(N)cc(C(F)(F)F)c6)nc(C)nc5cc4OC)CC3)CC2)CC([2H])([2H])N1C(=O)c1ccc(Cl)c(N2CCC(=O)NC2=O)c1. The average Bonchev–Trinajstić information content (AvgIpc) is 3.29. The minimum atomic E-state index is -4.56. The number of likely N-dealkylation sites (tertiary alicyclic amines) is 2. The number of nitrogens with zero attached hydrogens (tertiary/aromatic N) is 5. The second kappa shape index (κ2) is 19.7. The van der Waals surface area contributed by atoms with Gasteiger partial charge in [0, 0.05) is 79.8 Å². The maximum atomic E-state index is 13.9. The number of alkyl halides is 3. The molecule has 0 spiro atoms. The Hall–Kier alpha value is -5.68. The van der Waals surface area contributed by atoms with Crippen LogP contribution < -0.4 is 26.0 Å². The van der Waals surface area contributed by atoms with E-state index in [4.69, 9.17) is 32.3 Å². The molecule has 3 aromatic carbocycles. The lowest BCUT2D eigenvalue weighted by Gasteiger charge is -2.37. The van der Waals surface area contributed by atoms with E-state index in [0.717, 1.165) is 30.5 Å². The Balaban J connectivity index is 0.843. The van der Waals surface area contributed by atoms with Crippen molar-refractivity contribution >= 4 is 63.4 Å². The molecular formula is C48H56ClF3N8O6. The summed E-state index contributed by atoms with van der Waals surface area (Å²) >= 11 is 6.35. The molecule has 66 heavy (non-hydrogen) atoms. The van der Waals surface area contributed by atoms with Crippen molar-refractivity contribution in [3.05, 3.63) is 81.6 Å². The fourth-order valence-electron chi connectivity index (χ4n) is 9.33. The fraction of sp³-hybridized carbons (Fsp3) is 0.500. The summed E-state index contributed by atoms with van der Waals surface area (Å²) in [7, 11) is 1.59. The normalized spacial score (nSPS) is 23.0. The van der Waals surface area contributed by atoms with Crippen LogP contribution in [0.2, 0.25) is 5.02 Å². The molecule has 4 heterocycles. The molecule has 4 aliphatic rings. The highest BCUT2D eigenvalue weighted by atomic mass is 35.5. The molecule has 8 rings (SSSR count). The molecule has 1 aromatic heterocycles. The highest BCUT2D eigenvalue weighted by molar-refractivity contribution is 6.34. The number of rotatable bonds is 11. The average molecular weight is 937 g/mol. The summed E-state index contributed by atoms with van der Waals surface area (Å²) in [6, 6.07) is 10.0. The summed E-state index contributed by atoms with van der Waals surface area (Å²) < 4.78 is 88.2. The predicted molar refractivity (Wildman–Crippen MR) is 245 cm³/mol. The Kier molecular flexibility index (Phi) is 12.4. The minimum absolute atomic E-state index is 0.00201. The van der Waals surface area contributed by atoms with Crippen LogP contribution in [-0.2, 0) is 20.5 Å². The van der Waals surface area contributed by atoms with Gasteiger partial charge in [0.1, 0.15) is 17.4 Å². The summed E-state index contributed by atoms with van der Waals surface area (Å²) in [5.74, 6) is 0.271. The largest absolute Gasteiger partial charge is 0.496 e. The van der Waals surface area contributed by atoms with Crippen molar-refractivity contribution in [3.63, 3.8) is 0 Å². The molecule has 4 N–H and O–H groups in total. The van der Waals surface area contributed by atoms with Crippen LogP contribution in [0.1, 0.15) is 115 Å². The van der Waals surface area contributed by atoms with Gasteiger partial charge in [-0.3, -0.25) is 24.6 Å². The summed E-state index contributed by atoms with van der Waals surface area (Å²) in [4.78, 5) is 64.9. The Bertz CT molecular complexity index is 2670. The monoisotopic (exact) mass is 936 g/mol. The van der Waals surface area contributed by atoms with Crippen molar-refractivity contribution in [2.24, 2.45) is 11.8 Å². The number of fused-ring (bicyclic) bond motifs is 1. The van der Waals surface area contributed by atoms with Crippen molar-refractivity contribution < 1.29 is 47.3 Å². The third kappa shape index (κ3) is 10.5. The quantitative estimate of drug-likeness (QED) is 0.124. The van der Waals surface area contributed by atoms with E-state index in [0.29, 0.717) is 77.5 Å². The van der Waals surface area contributed by atoms with Crippen molar-refractivity contribution in [1.82, 2.24) is 25.1 Å². The van der Waals surface area contributed by atoms with Crippen LogP contribution in [-0.4, -0.2) is 96.0 Å². The van der Waals surface area contributed by atoms with Crippen LogP contribution in [0.25, 0.3) is 10.9 Å². The zero-order chi connectivity index (χ0) is 50.4. The summed E-state index contributed by atoms with van der Waals surface area (Å²) in [6.07, 6.45) is -1.81. The summed E-state index contributed by atoms with van der Waals surface area (Å²) in [6.45, 7) is -0.0772. The van der Waals surface area contributed by atoms with Crippen LogP contribution in [0.3, 0.4) is 0 Å². The lowest BCUT2D eigenvalue weighted by molar-refractivity contribution is -0.139. The number of ether oxygens (including phenoxy) is 2. The fourth-order valence-corrected chi connectivity index (χ4v) is 9.55. The Morgan fingerprint density at radius 1 is 0.970 bits per heavy atom. The maximum Gasteiger partial charge on any atom is 0.416 e. The van der Waals surface area contributed by atoms with E-state index in [1.165, 1.54) is 29.2 Å². The van der Waals surface area contributed by atoms with E-state index >= 15 is 0 Å². The van der Waals surface area contributed by atoms with Crippen LogP contribution >= 0.6 is 11.6 Å². The number of nitrogens with one attached hydrogen (secondary N) is 2. The number of piperidine rings is 2. The topological polar surface area (TPSA) is 172 Å². The van der Waals surface area contributed by atoms with Crippen molar-refractivity contribution in [2.75, 3.05) is 62.3 Å². The molecule has 352 valence electrons. The summed E-state index contributed by atoms with van der Waals surface area (Å²) in [5.41, 5.74) is 6.99. The number of nitrogen functional groups attached to an aromatic ring is 1. The van der Waals surface area contributed by atoms with E-state index in [2.05, 4.69) is 20.6 Å². The standard InChI is InChI=1S/C48H56ClF3N8O6/c1-27(33-20-34(48(50,51)52)23-35(53)21-33)54-44-38-24-37(42(65-3)25-40(38)55-28(2)56-44)30-4-6-31(7-5-30)45(62)58-15-10-29(11-16-58)26-66-36-12-17-59(18-13-36)46(63)32-8-9-39(49)41(22-32)60-19-14-43(61)57-47(60)64/h8-9,20-25,27,29-31,36H,4-7,10-19,26,53H2,1-3H3,(H,54,55,56)(H,57,61,64)/t27-,30?,31?/m1/s1/i17D2,18D2. The van der Waals surface area contributed by atoms with Gasteiger partial charge in [0.2, 0.25) is 11.8 Å². The number of methoxy groups -OCH3 is 1. The van der Waals surface area contributed by atoms with Crippen molar-refractivity contribution in [1.29, 1.82) is 0 Å². The lowest BCUT2D eigenvalue weighted by Crippen LogP contribution is -2.49. The molecule has 3 saturated heterocycles. The van der Waals surface area contributed by atoms with Gasteiger partial charge >= 0.3 is 12.2 Å². The van der Waals surface area contributed by atoms with Gasteiger partial charge in [0.05, 0.1) is 41.0 Å². The summed E-state index contributed by atoms with van der Waals surface area (Å²) in [5, 5.41) is 6.30. The molecular weight excluding hydrogens is 877 g/mol. The van der Waals surface area contributed by atoms with E-state index < -0.39 is 54.7 Å². The molecule has 4 aromatic rings. The maximum absolute atomic E-state index is 13.9. The number of aryl methyl sites for hydroxylation is 1. The molecule has 18 heteroatoms. The highest BCUT2D eigenvalue weighted by Crippen LogP contribution is 2.43. The van der Waals surface area contributed by atoms with Crippen molar-refractivity contribution in [3.8, 4) is 5.75 Å². The Labute approximate surface area is 392 Å². The molecule has 1 saturated carbocycles. The number of carbonyl (C=O) groups excluding carboxylic acids is 4. The smallest absolute Gasteiger partial charge is 0.416 e. The first-order valence-electron chi connectivity index (χ1n) is 24.3. The van der Waals surface area contributed by atoms with E-state index in [-0.39, 0.29) is 78.0 Å². The van der Waals surface area contributed by atoms with Gasteiger partial charge in [0.25, 0.3) is 5.91 Å². The molecule has 0 radical (unpaired) electrons. The molecule has 5 amide bonds. The van der Waals surface area contributed by atoms with Crippen LogP contribution in [0.15, 0.2) is 48.5 Å². The van der Waals surface area contributed by atoms with Gasteiger partial charge < -0.3 is 30.3 Å².